The second-order valence-corrected chi connectivity index (χ2v) is 31.2. The van der Waals surface area contributed by atoms with E-state index in [2.05, 4.69) is 168 Å². The third kappa shape index (κ3) is 6.67. The van der Waals surface area contributed by atoms with Crippen LogP contribution in [-0.2, 0) is 38.1 Å². The molecule has 0 radical (unpaired) electrons. The van der Waals surface area contributed by atoms with Crippen molar-refractivity contribution < 1.29 is 26.6 Å². The van der Waals surface area contributed by atoms with Crippen molar-refractivity contribution in [1.29, 1.82) is 0 Å². The zero-order chi connectivity index (χ0) is 36.5. The van der Waals surface area contributed by atoms with Crippen molar-refractivity contribution >= 4 is 17.1 Å². The molecule has 6 rings (SSSR count). The average Bonchev–Trinajstić information content (AvgIpc) is 3.50. The van der Waals surface area contributed by atoms with Crippen molar-refractivity contribution in [2.45, 2.75) is 115 Å². The summed E-state index contributed by atoms with van der Waals surface area (Å²) < 4.78 is 7.11. The maximum absolute atomic E-state index is 6.53. The van der Waals surface area contributed by atoms with Crippen LogP contribution in [-0.4, -0.2) is 12.5 Å². The summed E-state index contributed by atoms with van der Waals surface area (Å²) >= 11 is -0.723. The Morgan fingerprint density at radius 1 is 0.660 bits per heavy atom. The summed E-state index contributed by atoms with van der Waals surface area (Å²) in [5, 5.41) is 0. The van der Waals surface area contributed by atoms with Crippen LogP contribution in [0.5, 0.6) is 5.75 Å². The van der Waals surface area contributed by atoms with Gasteiger partial charge in [-0.25, -0.2) is 0 Å². The van der Waals surface area contributed by atoms with Gasteiger partial charge in [-0.05, 0) is 0 Å². The third-order valence-corrected chi connectivity index (χ3v) is 19.9. The van der Waals surface area contributed by atoms with Crippen molar-refractivity contribution in [2.24, 2.45) is 0 Å². The van der Waals surface area contributed by atoms with E-state index in [-0.39, 0.29) is 27.6 Å². The van der Waals surface area contributed by atoms with E-state index < -0.39 is 21.9 Å². The van der Waals surface area contributed by atoms with E-state index in [1.54, 1.807) is 11.1 Å². The number of fused-ring (bicyclic) bond motifs is 2. The molecule has 2 unspecified atom stereocenters. The molecule has 2 aliphatic carbocycles. The Morgan fingerprint density at radius 3 is 1.72 bits per heavy atom. The van der Waals surface area contributed by atoms with Gasteiger partial charge in [-0.15, -0.1) is 0 Å². The van der Waals surface area contributed by atoms with Crippen molar-refractivity contribution in [2.75, 3.05) is 7.11 Å². The number of ether oxygens (including phenoxy) is 1. The van der Waals surface area contributed by atoms with Crippen molar-refractivity contribution in [1.82, 2.24) is 0 Å². The molecule has 0 N–H and O–H groups in total. The fraction of sp³-hybridized carbons (Fsp3) is 0.404. The summed E-state index contributed by atoms with van der Waals surface area (Å²) in [6.45, 7) is 30.8. The van der Waals surface area contributed by atoms with Gasteiger partial charge in [0.2, 0.25) is 0 Å². The summed E-state index contributed by atoms with van der Waals surface area (Å²) in [6, 6.07) is 28.3. The van der Waals surface area contributed by atoms with E-state index in [0.717, 1.165) is 5.75 Å². The summed E-state index contributed by atoms with van der Waals surface area (Å²) in [5.41, 5.74) is 19.5. The molecule has 1 nitrogen and oxygen atoms in total. The minimum absolute atomic E-state index is 0.0495. The molecule has 0 amide bonds. The molecule has 259 valence electrons. The molecule has 4 aromatic rings. The number of rotatable bonds is 5. The normalized spacial score (nSPS) is 17.4. The Hall–Kier alpha value is -2.74. The summed E-state index contributed by atoms with van der Waals surface area (Å²) in [6.07, 6.45) is 2.49. The van der Waals surface area contributed by atoms with Crippen LogP contribution in [0.15, 0.2) is 83.9 Å². The number of hydrogen-bond acceptors (Lipinski definition) is 1. The van der Waals surface area contributed by atoms with E-state index in [9.17, 15) is 0 Å². The van der Waals surface area contributed by atoms with Gasteiger partial charge in [-0.2, -0.15) is 0 Å². The molecule has 0 spiro atoms. The molecular formula is C47H57OSiZr. The van der Waals surface area contributed by atoms with Gasteiger partial charge >= 0.3 is 296 Å². The van der Waals surface area contributed by atoms with Crippen LogP contribution in [0, 0.1) is 0 Å². The predicted octanol–water partition coefficient (Wildman–Crippen LogP) is 13.3. The number of methoxy groups -OCH3 is 1. The topological polar surface area (TPSA) is 9.23 Å². The van der Waals surface area contributed by atoms with Gasteiger partial charge in [0.15, 0.2) is 0 Å². The van der Waals surface area contributed by atoms with Crippen LogP contribution in [0.2, 0.25) is 13.1 Å². The minimum atomic E-state index is -0.723. The van der Waals surface area contributed by atoms with Crippen molar-refractivity contribution in [3.63, 3.8) is 0 Å². The number of hydrogen-bond donors (Lipinski definition) is 0. The Morgan fingerprint density at radius 2 is 1.22 bits per heavy atom. The fourth-order valence-corrected chi connectivity index (χ4v) is 17.0. The van der Waals surface area contributed by atoms with Crippen LogP contribution in [0.25, 0.3) is 33.9 Å². The molecule has 0 saturated carbocycles. The Labute approximate surface area is 314 Å². The first-order valence-corrected chi connectivity index (χ1v) is 26.0. The van der Waals surface area contributed by atoms with Gasteiger partial charge in [0.25, 0.3) is 0 Å². The molecule has 0 saturated heterocycles. The third-order valence-electron chi connectivity index (χ3n) is 10.9. The summed E-state index contributed by atoms with van der Waals surface area (Å²) in [4.78, 5) is 0. The molecular weight excluding hydrogens is 700 g/mol. The SMILES string of the molecule is COc1c(C(C)(C)C)cc2c(c1-c1ccc(C(C)(C)C)cc1)C(C1C(C)=Cc3c(-c4ccc(C(C)(C)C)cc4)cccc31)=C(C)[CH]2[Zr]=[Si](C)C. The van der Waals surface area contributed by atoms with Gasteiger partial charge in [-0.3, -0.25) is 0 Å². The van der Waals surface area contributed by atoms with Crippen LogP contribution in [0.1, 0.15) is 125 Å². The van der Waals surface area contributed by atoms with Crippen molar-refractivity contribution in [3.8, 4) is 28.0 Å². The molecule has 0 aliphatic heterocycles. The van der Waals surface area contributed by atoms with E-state index in [4.69, 9.17) is 4.74 Å². The van der Waals surface area contributed by atoms with E-state index in [1.807, 2.05) is 7.11 Å². The van der Waals surface area contributed by atoms with Crippen molar-refractivity contribution in [3.05, 3.63) is 123 Å². The molecule has 4 aromatic carbocycles. The molecule has 0 bridgehead atoms. The first-order chi connectivity index (χ1) is 23.3. The quantitative estimate of drug-likeness (QED) is 0.184. The second-order valence-electron chi connectivity index (χ2n) is 18.0. The van der Waals surface area contributed by atoms with E-state index in [1.165, 1.54) is 66.8 Å². The Balaban J connectivity index is 1.63. The van der Waals surface area contributed by atoms with Gasteiger partial charge in [0.05, 0.1) is 0 Å². The van der Waals surface area contributed by atoms with Crippen LogP contribution >= 0.6 is 0 Å². The zero-order valence-electron chi connectivity index (χ0n) is 33.1. The molecule has 2 aliphatic rings. The van der Waals surface area contributed by atoms with Crippen LogP contribution < -0.4 is 4.74 Å². The number of allylic oxidation sites excluding steroid dienone is 3. The standard InChI is InChI=1S/C45H51O.C2H6Si.Zr/c1-27-24-31-26-37(45(9,10)11)42(46-12)41(30-18-22-33(23-19-30)44(6,7)8)40(31)39(27)38-28(2)25-36-34(14-13-15-35(36)38)29-16-20-32(21-17-29)43(3,4)5;1-3-2;/h13-26,38H,1-12H3;1-2H3;. The fourth-order valence-electron chi connectivity index (χ4n) is 8.15. The van der Waals surface area contributed by atoms with Gasteiger partial charge in [0, 0.05) is 0 Å². The summed E-state index contributed by atoms with van der Waals surface area (Å²) in [5.74, 6) is 1.27. The molecule has 0 fully saturated rings. The predicted molar refractivity (Wildman–Crippen MR) is 216 cm³/mol. The maximum atomic E-state index is 6.53. The molecule has 3 heteroatoms. The van der Waals surface area contributed by atoms with Gasteiger partial charge in [0.1, 0.15) is 0 Å². The van der Waals surface area contributed by atoms with Gasteiger partial charge < -0.3 is 0 Å². The second kappa shape index (κ2) is 13.3. The van der Waals surface area contributed by atoms with Crippen LogP contribution in [0.3, 0.4) is 0 Å². The monoisotopic (exact) mass is 755 g/mol. The Bertz CT molecular complexity index is 2050. The molecule has 50 heavy (non-hydrogen) atoms. The zero-order valence-corrected chi connectivity index (χ0v) is 36.5. The molecule has 0 aromatic heterocycles. The molecule has 0 heterocycles. The van der Waals surface area contributed by atoms with E-state index >= 15 is 0 Å². The van der Waals surface area contributed by atoms with Crippen LogP contribution in [0.4, 0.5) is 0 Å². The van der Waals surface area contributed by atoms with E-state index in [0.29, 0.717) is 3.63 Å². The first-order valence-electron chi connectivity index (χ1n) is 18.4. The summed E-state index contributed by atoms with van der Waals surface area (Å²) in [7, 11) is 1.88. The Kier molecular flexibility index (Phi) is 9.89. The van der Waals surface area contributed by atoms with Gasteiger partial charge in [-0.1, -0.05) is 20.8 Å². The molecule has 2 atom stereocenters. The average molecular weight is 757 g/mol. The number of benzene rings is 4. The first kappa shape index (κ1) is 37.0.